The molecule has 12 heavy (non-hydrogen) atoms. The second-order valence-corrected chi connectivity index (χ2v) is 6.40. The summed E-state index contributed by atoms with van der Waals surface area (Å²) in [5.41, 5.74) is 0. The fraction of sp³-hybridized carbons (Fsp3) is 0.556. The highest BCUT2D eigenvalue weighted by molar-refractivity contribution is 8.10. The summed E-state index contributed by atoms with van der Waals surface area (Å²) in [6.07, 6.45) is 3.22. The minimum absolute atomic E-state index is 0.0158. The fourth-order valence-electron chi connectivity index (χ4n) is 0.918. The molecule has 1 atom stereocenters. The first-order valence-electron chi connectivity index (χ1n) is 3.97. The van der Waals surface area contributed by atoms with Crippen molar-refractivity contribution in [2.75, 3.05) is 6.26 Å². The largest absolute Gasteiger partial charge is 0.156 e. The van der Waals surface area contributed by atoms with E-state index in [2.05, 4.69) is 44.9 Å². The van der Waals surface area contributed by atoms with Crippen molar-refractivity contribution >= 4 is 35.7 Å². The van der Waals surface area contributed by atoms with Crippen molar-refractivity contribution in [2.24, 2.45) is 0 Å². The molecule has 0 bridgehead atoms. The molecule has 1 unspecified atom stereocenters. The first-order chi connectivity index (χ1) is 5.60. The fourth-order valence-corrected chi connectivity index (χ4v) is 2.66. The Labute approximate surface area is 88.2 Å². The lowest BCUT2D eigenvalue weighted by Crippen LogP contribution is -2.04. The van der Waals surface area contributed by atoms with Crippen LogP contribution in [-0.2, 0) is 10.5 Å². The van der Waals surface area contributed by atoms with E-state index in [1.807, 2.05) is 11.3 Å². The minimum atomic E-state index is -0.0158. The van der Waals surface area contributed by atoms with E-state index < -0.39 is 0 Å². The molecule has 0 spiro atoms. The summed E-state index contributed by atoms with van der Waals surface area (Å²) < 4.78 is -0.0158. The van der Waals surface area contributed by atoms with Gasteiger partial charge in [0.05, 0.1) is 4.08 Å². The molecule has 68 valence electrons. The van der Waals surface area contributed by atoms with Crippen LogP contribution in [0.25, 0.3) is 0 Å². The normalized spacial score (nSPS) is 16.0. The average molecular weight is 218 g/mol. The lowest BCUT2D eigenvalue weighted by atomic mass is 10.3. The van der Waals surface area contributed by atoms with Gasteiger partial charge >= 0.3 is 0 Å². The van der Waals surface area contributed by atoms with Gasteiger partial charge in [-0.1, -0.05) is 6.92 Å². The molecule has 0 aliphatic carbocycles. The van der Waals surface area contributed by atoms with Crippen LogP contribution in [0, 0.1) is 0 Å². The summed E-state index contributed by atoms with van der Waals surface area (Å²) in [7, 11) is 0. The van der Waals surface area contributed by atoms with Crippen LogP contribution in [0.2, 0.25) is 0 Å². The van der Waals surface area contributed by atoms with Crippen molar-refractivity contribution in [3.05, 3.63) is 21.9 Å². The molecule has 1 aromatic rings. The standard InChI is InChI=1S/C9H14S3/c1-4-7-5-6-8(12-7)9(2,10)11-3/h5-6,10H,4H2,1-3H3. The van der Waals surface area contributed by atoms with Gasteiger partial charge in [0, 0.05) is 9.75 Å². The van der Waals surface area contributed by atoms with Gasteiger partial charge in [-0.15, -0.1) is 23.1 Å². The third kappa shape index (κ3) is 2.21. The summed E-state index contributed by atoms with van der Waals surface area (Å²) in [5.74, 6) is 0. The van der Waals surface area contributed by atoms with Crippen LogP contribution in [0.3, 0.4) is 0 Å². The molecule has 0 aliphatic heterocycles. The number of hydrogen-bond acceptors (Lipinski definition) is 3. The molecule has 0 radical (unpaired) electrons. The van der Waals surface area contributed by atoms with Crippen LogP contribution < -0.4 is 0 Å². The lowest BCUT2D eigenvalue weighted by Gasteiger charge is -2.18. The molecule has 1 heterocycles. The van der Waals surface area contributed by atoms with Gasteiger partial charge in [0.1, 0.15) is 0 Å². The Kier molecular flexibility index (Phi) is 3.56. The Morgan fingerprint density at radius 2 is 2.25 bits per heavy atom. The van der Waals surface area contributed by atoms with E-state index >= 15 is 0 Å². The van der Waals surface area contributed by atoms with Gasteiger partial charge < -0.3 is 0 Å². The molecule has 3 heteroatoms. The number of hydrogen-bond donors (Lipinski definition) is 1. The molecule has 0 saturated heterocycles. The lowest BCUT2D eigenvalue weighted by molar-refractivity contribution is 1.06. The van der Waals surface area contributed by atoms with Gasteiger partial charge in [0.15, 0.2) is 0 Å². The Bertz CT molecular complexity index is 250. The van der Waals surface area contributed by atoms with Gasteiger partial charge in [-0.2, -0.15) is 12.6 Å². The van der Waals surface area contributed by atoms with Gasteiger partial charge in [-0.05, 0) is 31.7 Å². The molecule has 0 amide bonds. The number of aryl methyl sites for hydroxylation is 1. The van der Waals surface area contributed by atoms with Crippen molar-refractivity contribution < 1.29 is 0 Å². The summed E-state index contributed by atoms with van der Waals surface area (Å²) in [6, 6.07) is 4.39. The van der Waals surface area contributed by atoms with E-state index in [0.29, 0.717) is 0 Å². The monoisotopic (exact) mass is 218 g/mol. The summed E-state index contributed by atoms with van der Waals surface area (Å²) in [5, 5.41) is 0. The maximum absolute atomic E-state index is 4.60. The molecular weight excluding hydrogens is 204 g/mol. The topological polar surface area (TPSA) is 0 Å². The van der Waals surface area contributed by atoms with Gasteiger partial charge in [0.2, 0.25) is 0 Å². The summed E-state index contributed by atoms with van der Waals surface area (Å²) in [6.45, 7) is 4.33. The maximum atomic E-state index is 4.60. The zero-order valence-corrected chi connectivity index (χ0v) is 10.2. The second kappa shape index (κ2) is 4.07. The van der Waals surface area contributed by atoms with E-state index in [1.165, 1.54) is 9.75 Å². The molecule has 1 aromatic heterocycles. The van der Waals surface area contributed by atoms with Crippen molar-refractivity contribution in [3.63, 3.8) is 0 Å². The molecule has 0 saturated carbocycles. The molecule has 0 aliphatic rings. The summed E-state index contributed by atoms with van der Waals surface area (Å²) >= 11 is 8.25. The quantitative estimate of drug-likeness (QED) is 0.595. The third-order valence-corrected chi connectivity index (χ3v) is 5.40. The van der Waals surface area contributed by atoms with Crippen molar-refractivity contribution in [3.8, 4) is 0 Å². The second-order valence-electron chi connectivity index (χ2n) is 2.81. The van der Waals surface area contributed by atoms with Crippen molar-refractivity contribution in [1.29, 1.82) is 0 Å². The van der Waals surface area contributed by atoms with E-state index in [4.69, 9.17) is 0 Å². The molecular formula is C9H14S3. The van der Waals surface area contributed by atoms with Gasteiger partial charge in [0.25, 0.3) is 0 Å². The van der Waals surface area contributed by atoms with Crippen molar-refractivity contribution in [2.45, 2.75) is 24.3 Å². The zero-order valence-electron chi connectivity index (χ0n) is 7.63. The first kappa shape index (κ1) is 10.5. The van der Waals surface area contributed by atoms with E-state index in [1.54, 1.807) is 11.8 Å². The number of thiol groups is 1. The molecule has 1 rings (SSSR count). The predicted molar refractivity (Wildman–Crippen MR) is 63.6 cm³/mol. The van der Waals surface area contributed by atoms with Gasteiger partial charge in [-0.3, -0.25) is 0 Å². The Morgan fingerprint density at radius 1 is 1.58 bits per heavy atom. The zero-order chi connectivity index (χ0) is 9.19. The highest BCUT2D eigenvalue weighted by Crippen LogP contribution is 2.41. The van der Waals surface area contributed by atoms with Crippen LogP contribution >= 0.6 is 35.7 Å². The Morgan fingerprint density at radius 3 is 2.67 bits per heavy atom. The number of thiophene rings is 1. The van der Waals surface area contributed by atoms with Crippen LogP contribution in [0.15, 0.2) is 12.1 Å². The van der Waals surface area contributed by atoms with E-state index in [9.17, 15) is 0 Å². The van der Waals surface area contributed by atoms with Crippen LogP contribution in [-0.4, -0.2) is 6.26 Å². The third-order valence-electron chi connectivity index (χ3n) is 1.86. The van der Waals surface area contributed by atoms with Crippen molar-refractivity contribution in [1.82, 2.24) is 0 Å². The van der Waals surface area contributed by atoms with Crippen LogP contribution in [0.1, 0.15) is 23.6 Å². The average Bonchev–Trinajstić information content (AvgIpc) is 2.52. The summed E-state index contributed by atoms with van der Waals surface area (Å²) in [4.78, 5) is 2.80. The minimum Gasteiger partial charge on any atom is -0.156 e. The Hall–Kier alpha value is 0.400. The number of rotatable bonds is 3. The molecule has 0 N–H and O–H groups in total. The number of thioether (sulfide) groups is 1. The molecule has 0 fully saturated rings. The highest BCUT2D eigenvalue weighted by atomic mass is 32.2. The van der Waals surface area contributed by atoms with Crippen LogP contribution in [0.4, 0.5) is 0 Å². The predicted octanol–water partition coefficient (Wildman–Crippen LogP) is 3.78. The molecule has 0 nitrogen and oxygen atoms in total. The highest BCUT2D eigenvalue weighted by Gasteiger charge is 2.21. The van der Waals surface area contributed by atoms with E-state index in [0.717, 1.165) is 6.42 Å². The Balaban J connectivity index is 2.88. The van der Waals surface area contributed by atoms with Crippen LogP contribution in [0.5, 0.6) is 0 Å². The maximum Gasteiger partial charge on any atom is 0.0892 e. The smallest absolute Gasteiger partial charge is 0.0892 e. The van der Waals surface area contributed by atoms with Gasteiger partial charge in [-0.25, -0.2) is 0 Å². The first-order valence-corrected chi connectivity index (χ1v) is 6.45. The van der Waals surface area contributed by atoms with E-state index in [-0.39, 0.29) is 4.08 Å². The molecule has 0 aromatic carbocycles. The SMILES string of the molecule is CCc1ccc(C(C)(S)SC)s1.